The molecular formula is C15H28N2O. The summed E-state index contributed by atoms with van der Waals surface area (Å²) in [5.74, 6) is 2.20. The minimum absolute atomic E-state index is 0.469. The number of rotatable bonds is 2. The second-order valence-electron chi connectivity index (χ2n) is 6.51. The van der Waals surface area contributed by atoms with Crippen LogP contribution in [0.5, 0.6) is 0 Å². The van der Waals surface area contributed by atoms with Crippen LogP contribution in [0.1, 0.15) is 52.9 Å². The number of nitrogens with zero attached hydrogens (tertiary/aromatic N) is 2. The Morgan fingerprint density at radius 3 is 2.44 bits per heavy atom. The Morgan fingerprint density at radius 2 is 1.89 bits per heavy atom. The Kier molecular flexibility index (Phi) is 4.66. The van der Waals surface area contributed by atoms with Gasteiger partial charge in [0.25, 0.3) is 0 Å². The Labute approximate surface area is 111 Å². The van der Waals surface area contributed by atoms with E-state index >= 15 is 0 Å². The molecule has 0 amide bonds. The van der Waals surface area contributed by atoms with Crippen molar-refractivity contribution in [3.8, 4) is 0 Å². The number of likely N-dealkylation sites (tertiary alicyclic amines) is 1. The average molecular weight is 252 g/mol. The van der Waals surface area contributed by atoms with Crippen molar-refractivity contribution in [1.29, 1.82) is 0 Å². The van der Waals surface area contributed by atoms with E-state index in [9.17, 15) is 0 Å². The minimum Gasteiger partial charge on any atom is -0.411 e. The molecule has 0 aromatic heterocycles. The van der Waals surface area contributed by atoms with Crippen molar-refractivity contribution in [3.63, 3.8) is 0 Å². The number of hydrogen-bond donors (Lipinski definition) is 1. The van der Waals surface area contributed by atoms with Crippen LogP contribution in [0.15, 0.2) is 5.16 Å². The number of hydrogen-bond acceptors (Lipinski definition) is 3. The number of oxime groups is 1. The second kappa shape index (κ2) is 6.05. The fraction of sp³-hybridized carbons (Fsp3) is 0.933. The van der Waals surface area contributed by atoms with Crippen molar-refractivity contribution in [3.05, 3.63) is 0 Å². The summed E-state index contributed by atoms with van der Waals surface area (Å²) >= 11 is 0. The fourth-order valence-electron chi connectivity index (χ4n) is 3.97. The maximum atomic E-state index is 9.04. The molecule has 1 aliphatic heterocycles. The van der Waals surface area contributed by atoms with Gasteiger partial charge in [-0.25, -0.2) is 0 Å². The topological polar surface area (TPSA) is 35.8 Å². The lowest BCUT2D eigenvalue weighted by Crippen LogP contribution is -2.48. The summed E-state index contributed by atoms with van der Waals surface area (Å²) in [6.07, 6.45) is 6.14. The van der Waals surface area contributed by atoms with E-state index in [2.05, 4.69) is 30.8 Å². The Morgan fingerprint density at radius 1 is 1.22 bits per heavy atom. The third kappa shape index (κ3) is 3.05. The fourth-order valence-corrected chi connectivity index (χ4v) is 3.97. The summed E-state index contributed by atoms with van der Waals surface area (Å²) in [5, 5.41) is 12.5. The molecule has 0 aromatic carbocycles. The lowest BCUT2D eigenvalue weighted by Gasteiger charge is -2.43. The molecule has 0 spiro atoms. The van der Waals surface area contributed by atoms with E-state index < -0.39 is 0 Å². The van der Waals surface area contributed by atoms with Crippen molar-refractivity contribution < 1.29 is 5.21 Å². The highest BCUT2D eigenvalue weighted by atomic mass is 16.4. The highest BCUT2D eigenvalue weighted by Crippen LogP contribution is 2.33. The maximum absolute atomic E-state index is 9.04. The first kappa shape index (κ1) is 13.9. The summed E-state index contributed by atoms with van der Waals surface area (Å²) in [6, 6.07) is 0.762. The monoisotopic (exact) mass is 252 g/mol. The smallest absolute Gasteiger partial charge is 0.0627 e. The van der Waals surface area contributed by atoms with Crippen LogP contribution < -0.4 is 0 Å². The molecule has 2 fully saturated rings. The summed E-state index contributed by atoms with van der Waals surface area (Å²) in [7, 11) is 0. The van der Waals surface area contributed by atoms with Crippen molar-refractivity contribution >= 4 is 5.71 Å². The molecule has 3 nitrogen and oxygen atoms in total. The molecule has 18 heavy (non-hydrogen) atoms. The van der Waals surface area contributed by atoms with Crippen LogP contribution in [0.4, 0.5) is 0 Å². The van der Waals surface area contributed by atoms with Gasteiger partial charge in [-0.1, -0.05) is 25.9 Å². The highest BCUT2D eigenvalue weighted by molar-refractivity contribution is 5.87. The van der Waals surface area contributed by atoms with E-state index in [1.54, 1.807) is 0 Å². The summed E-state index contributed by atoms with van der Waals surface area (Å²) < 4.78 is 0. The van der Waals surface area contributed by atoms with Gasteiger partial charge >= 0.3 is 0 Å². The molecule has 1 heterocycles. The maximum Gasteiger partial charge on any atom is 0.0627 e. The van der Waals surface area contributed by atoms with E-state index in [1.807, 2.05) is 0 Å². The Bertz CT molecular complexity index is 293. The molecule has 104 valence electrons. The van der Waals surface area contributed by atoms with Crippen molar-refractivity contribution in [2.75, 3.05) is 13.1 Å². The van der Waals surface area contributed by atoms with Crippen LogP contribution >= 0.6 is 0 Å². The molecule has 3 unspecified atom stereocenters. The summed E-state index contributed by atoms with van der Waals surface area (Å²) in [4.78, 5) is 2.66. The van der Waals surface area contributed by atoms with Crippen molar-refractivity contribution in [2.45, 2.75) is 58.9 Å². The molecule has 1 saturated carbocycles. The van der Waals surface area contributed by atoms with Gasteiger partial charge in [0.15, 0.2) is 0 Å². The minimum atomic E-state index is 0.469. The molecule has 2 aliphatic rings. The summed E-state index contributed by atoms with van der Waals surface area (Å²) in [5.41, 5.74) is 1.02. The van der Waals surface area contributed by atoms with E-state index in [4.69, 9.17) is 5.21 Å². The van der Waals surface area contributed by atoms with Crippen LogP contribution in [-0.4, -0.2) is 35.0 Å². The Hall–Kier alpha value is -0.570. The second-order valence-corrected chi connectivity index (χ2v) is 6.51. The van der Waals surface area contributed by atoms with Gasteiger partial charge in [-0.15, -0.1) is 0 Å². The van der Waals surface area contributed by atoms with E-state index in [1.165, 1.54) is 19.3 Å². The number of piperidine rings is 1. The zero-order valence-electron chi connectivity index (χ0n) is 12.1. The van der Waals surface area contributed by atoms with Crippen LogP contribution in [0.25, 0.3) is 0 Å². The molecule has 2 rings (SSSR count). The average Bonchev–Trinajstić information content (AvgIpc) is 2.36. The SMILES string of the molecule is CCC1CN(C2CC(C)CC(C)C2)CCC1=NO. The van der Waals surface area contributed by atoms with Crippen molar-refractivity contribution in [2.24, 2.45) is 22.9 Å². The molecular weight excluding hydrogens is 224 g/mol. The van der Waals surface area contributed by atoms with E-state index in [-0.39, 0.29) is 0 Å². The normalized spacial score (nSPS) is 41.2. The predicted molar refractivity (Wildman–Crippen MR) is 75.2 cm³/mol. The lowest BCUT2D eigenvalue weighted by atomic mass is 9.78. The highest BCUT2D eigenvalue weighted by Gasteiger charge is 2.33. The van der Waals surface area contributed by atoms with Crippen molar-refractivity contribution in [1.82, 2.24) is 4.90 Å². The van der Waals surface area contributed by atoms with E-state index in [0.29, 0.717) is 5.92 Å². The first-order chi connectivity index (χ1) is 8.63. The standard InChI is InChI=1S/C15H28N2O/c1-4-13-10-17(6-5-15(13)16-18)14-8-11(2)7-12(3)9-14/h11-14,18H,4-10H2,1-3H3. The summed E-state index contributed by atoms with van der Waals surface area (Å²) in [6.45, 7) is 9.17. The zero-order chi connectivity index (χ0) is 13.1. The molecule has 3 heteroatoms. The third-order valence-corrected chi connectivity index (χ3v) is 4.87. The first-order valence-corrected chi connectivity index (χ1v) is 7.58. The molecule has 0 aromatic rings. The molecule has 1 saturated heterocycles. The predicted octanol–water partition coefficient (Wildman–Crippen LogP) is 3.37. The van der Waals surface area contributed by atoms with Gasteiger partial charge in [0.2, 0.25) is 0 Å². The first-order valence-electron chi connectivity index (χ1n) is 7.58. The molecule has 1 N–H and O–H groups in total. The van der Waals surface area contributed by atoms with Gasteiger partial charge in [-0.2, -0.15) is 0 Å². The lowest BCUT2D eigenvalue weighted by molar-refractivity contribution is 0.0942. The Balaban J connectivity index is 1.97. The van der Waals surface area contributed by atoms with Gasteiger partial charge in [-0.05, 0) is 37.5 Å². The zero-order valence-corrected chi connectivity index (χ0v) is 12.1. The quantitative estimate of drug-likeness (QED) is 0.604. The molecule has 1 aliphatic carbocycles. The molecule has 0 radical (unpaired) electrons. The van der Waals surface area contributed by atoms with Gasteiger partial charge in [0.1, 0.15) is 0 Å². The van der Waals surface area contributed by atoms with Gasteiger partial charge in [0, 0.05) is 31.5 Å². The van der Waals surface area contributed by atoms with E-state index in [0.717, 1.165) is 49.5 Å². The molecule has 3 atom stereocenters. The largest absolute Gasteiger partial charge is 0.411 e. The van der Waals surface area contributed by atoms with Crippen LogP contribution in [0.2, 0.25) is 0 Å². The van der Waals surface area contributed by atoms with Crippen LogP contribution in [0, 0.1) is 17.8 Å². The van der Waals surface area contributed by atoms with Gasteiger partial charge in [0.05, 0.1) is 5.71 Å². The molecule has 0 bridgehead atoms. The van der Waals surface area contributed by atoms with Gasteiger partial charge in [-0.3, -0.25) is 4.90 Å². The third-order valence-electron chi connectivity index (χ3n) is 4.87. The van der Waals surface area contributed by atoms with Gasteiger partial charge < -0.3 is 5.21 Å². The van der Waals surface area contributed by atoms with Crippen LogP contribution in [0.3, 0.4) is 0 Å². The van der Waals surface area contributed by atoms with Crippen LogP contribution in [-0.2, 0) is 0 Å².